The second kappa shape index (κ2) is 5.13. The van der Waals surface area contributed by atoms with Gasteiger partial charge in [-0.05, 0) is 31.7 Å². The first-order chi connectivity index (χ1) is 8.19. The highest BCUT2D eigenvalue weighted by Crippen LogP contribution is 2.19. The van der Waals surface area contributed by atoms with Gasteiger partial charge in [-0.3, -0.25) is 4.68 Å². The van der Waals surface area contributed by atoms with Crippen LogP contribution in [0.4, 0.5) is 0 Å². The summed E-state index contributed by atoms with van der Waals surface area (Å²) >= 11 is 0. The van der Waals surface area contributed by atoms with E-state index in [0.29, 0.717) is 5.92 Å². The summed E-state index contributed by atoms with van der Waals surface area (Å²) in [6.07, 6.45) is 2.98. The number of aromatic nitrogens is 3. The number of rotatable bonds is 4. The Morgan fingerprint density at radius 1 is 1.24 bits per heavy atom. The van der Waals surface area contributed by atoms with Crippen LogP contribution in [0, 0.1) is 6.92 Å². The standard InChI is InChI=1S/C14H19N3/c1-4-17-10-14(15-16-17)9-12(3)13-7-5-11(2)6-8-13/h5-8,10,12H,4,9H2,1-3H3. The SMILES string of the molecule is CCn1cc(CC(C)c2ccc(C)cc2)nn1. The Kier molecular flexibility index (Phi) is 3.57. The lowest BCUT2D eigenvalue weighted by Crippen LogP contribution is -1.99. The molecule has 0 radical (unpaired) electrons. The van der Waals surface area contributed by atoms with Crippen molar-refractivity contribution in [2.75, 3.05) is 0 Å². The van der Waals surface area contributed by atoms with Crippen LogP contribution in [0.25, 0.3) is 0 Å². The van der Waals surface area contributed by atoms with Crippen molar-refractivity contribution in [2.45, 2.75) is 39.7 Å². The maximum atomic E-state index is 4.18. The van der Waals surface area contributed by atoms with E-state index in [2.05, 4.69) is 55.3 Å². The number of hydrogen-bond acceptors (Lipinski definition) is 2. The fraction of sp³-hybridized carbons (Fsp3) is 0.429. The summed E-state index contributed by atoms with van der Waals surface area (Å²) in [5, 5.41) is 8.25. The van der Waals surface area contributed by atoms with Gasteiger partial charge in [0.25, 0.3) is 0 Å². The van der Waals surface area contributed by atoms with E-state index < -0.39 is 0 Å². The third-order valence-corrected chi connectivity index (χ3v) is 3.07. The molecule has 0 fully saturated rings. The molecule has 2 aromatic rings. The van der Waals surface area contributed by atoms with Crippen molar-refractivity contribution in [3.8, 4) is 0 Å². The third-order valence-electron chi connectivity index (χ3n) is 3.07. The largest absolute Gasteiger partial charge is 0.253 e. The smallest absolute Gasteiger partial charge is 0.0833 e. The second-order valence-corrected chi connectivity index (χ2v) is 4.58. The first-order valence-electron chi connectivity index (χ1n) is 6.14. The molecule has 1 heterocycles. The lowest BCUT2D eigenvalue weighted by molar-refractivity contribution is 0.626. The minimum Gasteiger partial charge on any atom is -0.253 e. The molecule has 1 aromatic heterocycles. The summed E-state index contributed by atoms with van der Waals surface area (Å²) in [6.45, 7) is 7.30. The van der Waals surface area contributed by atoms with E-state index in [0.717, 1.165) is 18.7 Å². The molecular formula is C14H19N3. The summed E-state index contributed by atoms with van der Waals surface area (Å²) in [5.41, 5.74) is 3.74. The van der Waals surface area contributed by atoms with E-state index in [1.54, 1.807) is 0 Å². The molecule has 0 saturated carbocycles. The average molecular weight is 229 g/mol. The average Bonchev–Trinajstić information content (AvgIpc) is 2.77. The molecule has 0 aliphatic carbocycles. The van der Waals surface area contributed by atoms with Crippen molar-refractivity contribution in [1.82, 2.24) is 15.0 Å². The van der Waals surface area contributed by atoms with Crippen LogP contribution in [0.2, 0.25) is 0 Å². The van der Waals surface area contributed by atoms with Gasteiger partial charge in [0.05, 0.1) is 5.69 Å². The zero-order valence-electron chi connectivity index (χ0n) is 10.7. The van der Waals surface area contributed by atoms with Crippen LogP contribution >= 0.6 is 0 Å². The van der Waals surface area contributed by atoms with E-state index in [1.165, 1.54) is 11.1 Å². The number of benzene rings is 1. The van der Waals surface area contributed by atoms with E-state index in [-0.39, 0.29) is 0 Å². The van der Waals surface area contributed by atoms with Crippen molar-refractivity contribution in [1.29, 1.82) is 0 Å². The molecule has 1 aromatic carbocycles. The number of hydrogen-bond donors (Lipinski definition) is 0. The highest BCUT2D eigenvalue weighted by Gasteiger charge is 2.09. The molecule has 0 aliphatic heterocycles. The zero-order valence-corrected chi connectivity index (χ0v) is 10.7. The Labute approximate surface area is 102 Å². The highest BCUT2D eigenvalue weighted by atomic mass is 15.4. The molecule has 17 heavy (non-hydrogen) atoms. The molecule has 3 heteroatoms. The maximum absolute atomic E-state index is 4.18. The van der Waals surface area contributed by atoms with Crippen LogP contribution in [0.5, 0.6) is 0 Å². The quantitative estimate of drug-likeness (QED) is 0.807. The number of nitrogens with zero attached hydrogens (tertiary/aromatic N) is 3. The van der Waals surface area contributed by atoms with Crippen molar-refractivity contribution < 1.29 is 0 Å². The molecule has 0 bridgehead atoms. The van der Waals surface area contributed by atoms with Gasteiger partial charge in [0, 0.05) is 12.7 Å². The van der Waals surface area contributed by atoms with Crippen LogP contribution < -0.4 is 0 Å². The zero-order chi connectivity index (χ0) is 12.3. The van der Waals surface area contributed by atoms with Gasteiger partial charge >= 0.3 is 0 Å². The van der Waals surface area contributed by atoms with E-state index >= 15 is 0 Å². The van der Waals surface area contributed by atoms with Crippen LogP contribution in [-0.2, 0) is 13.0 Å². The molecule has 0 spiro atoms. The summed E-state index contributed by atoms with van der Waals surface area (Å²) < 4.78 is 1.87. The lowest BCUT2D eigenvalue weighted by atomic mass is 9.96. The van der Waals surface area contributed by atoms with Crippen LogP contribution in [0.3, 0.4) is 0 Å². The molecule has 0 N–H and O–H groups in total. The normalized spacial score (nSPS) is 12.6. The van der Waals surface area contributed by atoms with Gasteiger partial charge < -0.3 is 0 Å². The van der Waals surface area contributed by atoms with Gasteiger partial charge in [0.2, 0.25) is 0 Å². The van der Waals surface area contributed by atoms with E-state index in [9.17, 15) is 0 Å². The minimum atomic E-state index is 0.484. The van der Waals surface area contributed by atoms with Gasteiger partial charge in [0.1, 0.15) is 0 Å². The fourth-order valence-corrected chi connectivity index (χ4v) is 1.91. The van der Waals surface area contributed by atoms with Crippen LogP contribution in [0.1, 0.15) is 36.6 Å². The topological polar surface area (TPSA) is 30.7 Å². The molecule has 0 aliphatic rings. The molecule has 1 unspecified atom stereocenters. The van der Waals surface area contributed by atoms with Gasteiger partial charge in [-0.15, -0.1) is 5.10 Å². The number of aryl methyl sites for hydroxylation is 2. The van der Waals surface area contributed by atoms with Crippen molar-refractivity contribution in [3.63, 3.8) is 0 Å². The first kappa shape index (κ1) is 11.8. The molecule has 2 rings (SSSR count). The molecule has 0 saturated heterocycles. The molecular weight excluding hydrogens is 210 g/mol. The molecule has 90 valence electrons. The van der Waals surface area contributed by atoms with Gasteiger partial charge in [-0.2, -0.15) is 0 Å². The Balaban J connectivity index is 2.05. The Bertz CT molecular complexity index is 470. The minimum absolute atomic E-state index is 0.484. The summed E-state index contributed by atoms with van der Waals surface area (Å²) in [7, 11) is 0. The second-order valence-electron chi connectivity index (χ2n) is 4.58. The van der Waals surface area contributed by atoms with Gasteiger partial charge in [-0.25, -0.2) is 0 Å². The highest BCUT2D eigenvalue weighted by molar-refractivity contribution is 5.24. The third kappa shape index (κ3) is 2.93. The molecule has 3 nitrogen and oxygen atoms in total. The summed E-state index contributed by atoms with van der Waals surface area (Å²) in [6, 6.07) is 8.72. The monoisotopic (exact) mass is 229 g/mol. The van der Waals surface area contributed by atoms with Crippen molar-refractivity contribution in [3.05, 3.63) is 47.3 Å². The van der Waals surface area contributed by atoms with Crippen molar-refractivity contribution in [2.24, 2.45) is 0 Å². The van der Waals surface area contributed by atoms with E-state index in [1.807, 2.05) is 10.9 Å². The Hall–Kier alpha value is -1.64. The van der Waals surface area contributed by atoms with Gasteiger partial charge in [0.15, 0.2) is 0 Å². The maximum Gasteiger partial charge on any atom is 0.0833 e. The van der Waals surface area contributed by atoms with Crippen LogP contribution in [0.15, 0.2) is 30.5 Å². The summed E-state index contributed by atoms with van der Waals surface area (Å²) in [5.74, 6) is 0.484. The predicted octanol–water partition coefficient (Wildman–Crippen LogP) is 2.95. The van der Waals surface area contributed by atoms with Gasteiger partial charge in [-0.1, -0.05) is 42.0 Å². The fourth-order valence-electron chi connectivity index (χ4n) is 1.91. The lowest BCUT2D eigenvalue weighted by Gasteiger charge is -2.09. The van der Waals surface area contributed by atoms with E-state index in [4.69, 9.17) is 0 Å². The Morgan fingerprint density at radius 2 is 1.94 bits per heavy atom. The summed E-state index contributed by atoms with van der Waals surface area (Å²) in [4.78, 5) is 0. The van der Waals surface area contributed by atoms with Crippen molar-refractivity contribution >= 4 is 0 Å². The predicted molar refractivity (Wildman–Crippen MR) is 69.0 cm³/mol. The molecule has 1 atom stereocenters. The first-order valence-corrected chi connectivity index (χ1v) is 6.14. The van der Waals surface area contributed by atoms with Crippen LogP contribution in [-0.4, -0.2) is 15.0 Å². The Morgan fingerprint density at radius 3 is 2.53 bits per heavy atom. The molecule has 0 amide bonds.